The van der Waals surface area contributed by atoms with Crippen molar-refractivity contribution >= 4 is 49.4 Å². The highest BCUT2D eigenvalue weighted by Gasteiger charge is 2.18. The van der Waals surface area contributed by atoms with Crippen molar-refractivity contribution in [2.45, 2.75) is 0 Å². The summed E-state index contributed by atoms with van der Waals surface area (Å²) >= 11 is 0. The third-order valence-electron chi connectivity index (χ3n) is 5.67. The summed E-state index contributed by atoms with van der Waals surface area (Å²) in [5.74, 6) is -0.192. The van der Waals surface area contributed by atoms with E-state index in [4.69, 9.17) is 0 Å². The van der Waals surface area contributed by atoms with Gasteiger partial charge < -0.3 is 4.90 Å². The number of nitrogens with zero attached hydrogens (tertiary/aromatic N) is 3. The van der Waals surface area contributed by atoms with Crippen LogP contribution in [0.25, 0.3) is 32.3 Å². The van der Waals surface area contributed by atoms with Crippen LogP contribution in [-0.4, -0.2) is 9.97 Å². The highest BCUT2D eigenvalue weighted by molar-refractivity contribution is 6.25. The smallest absolute Gasteiger partial charge is 0.131 e. The Labute approximate surface area is 172 Å². The first-order chi connectivity index (χ1) is 14.8. The Balaban J connectivity index is 1.73. The van der Waals surface area contributed by atoms with Gasteiger partial charge in [-0.2, -0.15) is 0 Å². The number of anilines is 3. The van der Waals surface area contributed by atoms with Crippen molar-refractivity contribution in [1.82, 2.24) is 9.97 Å². The predicted molar refractivity (Wildman–Crippen MR) is 120 cm³/mol. The summed E-state index contributed by atoms with van der Waals surface area (Å²) in [5.41, 5.74) is 3.02. The molecule has 4 aromatic carbocycles. The summed E-state index contributed by atoms with van der Waals surface area (Å²) in [5, 5.41) is 5.92. The minimum absolute atomic E-state index is 0.192. The Morgan fingerprint density at radius 2 is 1.03 bits per heavy atom. The van der Waals surface area contributed by atoms with Gasteiger partial charge in [-0.15, -0.1) is 0 Å². The van der Waals surface area contributed by atoms with E-state index in [1.165, 1.54) is 0 Å². The van der Waals surface area contributed by atoms with Crippen LogP contribution >= 0.6 is 0 Å². The Bertz CT molecular complexity index is 1460. The maximum atomic E-state index is 14.6. The molecule has 0 saturated carbocycles. The van der Waals surface area contributed by atoms with Gasteiger partial charge in [-0.3, -0.25) is 9.97 Å². The van der Waals surface area contributed by atoms with Gasteiger partial charge in [0.25, 0.3) is 0 Å². The summed E-state index contributed by atoms with van der Waals surface area (Å²) in [6.45, 7) is 0. The number of aromatic nitrogens is 2. The van der Waals surface area contributed by atoms with E-state index in [9.17, 15) is 4.39 Å². The molecule has 30 heavy (non-hydrogen) atoms. The zero-order chi connectivity index (χ0) is 20.1. The molecule has 2 heterocycles. The Hall–Kier alpha value is -4.05. The third-order valence-corrected chi connectivity index (χ3v) is 5.67. The van der Waals surface area contributed by atoms with Crippen LogP contribution in [0.3, 0.4) is 0 Å². The van der Waals surface area contributed by atoms with E-state index in [2.05, 4.69) is 39.1 Å². The van der Waals surface area contributed by atoms with Crippen LogP contribution in [0, 0.1) is 5.82 Å². The number of hydrogen-bond donors (Lipinski definition) is 0. The number of benzene rings is 4. The van der Waals surface area contributed by atoms with E-state index in [1.807, 2.05) is 42.5 Å². The first-order valence-electron chi connectivity index (χ1n) is 9.77. The molecule has 0 aliphatic rings. The Morgan fingerprint density at radius 1 is 0.533 bits per heavy atom. The first-order valence-corrected chi connectivity index (χ1v) is 9.77. The molecule has 0 aliphatic carbocycles. The molecule has 0 N–H and O–H groups in total. The lowest BCUT2D eigenvalue weighted by atomic mass is 9.93. The van der Waals surface area contributed by atoms with Gasteiger partial charge in [0.05, 0.1) is 5.69 Å². The van der Waals surface area contributed by atoms with Crippen LogP contribution in [0.1, 0.15) is 0 Å². The second-order valence-electron chi connectivity index (χ2n) is 7.30. The third kappa shape index (κ3) is 2.44. The van der Waals surface area contributed by atoms with Crippen LogP contribution in [0.4, 0.5) is 21.5 Å². The standard InChI is InChI=1S/C26H16FN3/c27-23-7-3-17-2-6-22-24(8-4-18-1-5-21(23)25(17)26(18)22)30(19-9-13-28-14-10-19)20-11-15-29-16-12-20/h1-16H. The fourth-order valence-electron chi connectivity index (χ4n) is 4.36. The average Bonchev–Trinajstić information content (AvgIpc) is 2.81. The molecule has 3 nitrogen and oxygen atoms in total. The van der Waals surface area contributed by atoms with Crippen LogP contribution in [0.15, 0.2) is 97.6 Å². The van der Waals surface area contributed by atoms with Crippen molar-refractivity contribution in [3.8, 4) is 0 Å². The van der Waals surface area contributed by atoms with E-state index in [-0.39, 0.29) is 5.82 Å². The molecule has 4 heteroatoms. The number of pyridine rings is 2. The summed E-state index contributed by atoms with van der Waals surface area (Å²) in [6, 6.07) is 23.7. The molecule has 0 atom stereocenters. The fourth-order valence-corrected chi connectivity index (χ4v) is 4.36. The van der Waals surface area contributed by atoms with Gasteiger partial charge in [-0.1, -0.05) is 36.4 Å². The van der Waals surface area contributed by atoms with E-state index < -0.39 is 0 Å². The zero-order valence-electron chi connectivity index (χ0n) is 16.0. The lowest BCUT2D eigenvalue weighted by Gasteiger charge is -2.27. The summed E-state index contributed by atoms with van der Waals surface area (Å²) < 4.78 is 14.6. The van der Waals surface area contributed by atoms with Crippen molar-refractivity contribution in [2.24, 2.45) is 0 Å². The SMILES string of the molecule is Fc1ccc2ccc3c(N(c4ccncc4)c4ccncc4)ccc4ccc1c2c43. The van der Waals surface area contributed by atoms with Gasteiger partial charge in [0.2, 0.25) is 0 Å². The monoisotopic (exact) mass is 389 g/mol. The van der Waals surface area contributed by atoms with Crippen molar-refractivity contribution in [2.75, 3.05) is 4.90 Å². The van der Waals surface area contributed by atoms with Crippen LogP contribution in [0.2, 0.25) is 0 Å². The van der Waals surface area contributed by atoms with Crippen LogP contribution < -0.4 is 4.90 Å². The Morgan fingerprint density at radius 3 is 1.67 bits per heavy atom. The zero-order valence-corrected chi connectivity index (χ0v) is 16.0. The lowest BCUT2D eigenvalue weighted by molar-refractivity contribution is 0.640. The van der Waals surface area contributed by atoms with Crippen LogP contribution in [-0.2, 0) is 0 Å². The van der Waals surface area contributed by atoms with Gasteiger partial charge in [-0.25, -0.2) is 4.39 Å². The quantitative estimate of drug-likeness (QED) is 0.306. The summed E-state index contributed by atoms with van der Waals surface area (Å²) in [6.07, 6.45) is 7.15. The van der Waals surface area contributed by atoms with Crippen molar-refractivity contribution in [3.63, 3.8) is 0 Å². The van der Waals surface area contributed by atoms with Crippen molar-refractivity contribution in [1.29, 1.82) is 0 Å². The molecule has 0 bridgehead atoms. The molecule has 142 valence electrons. The Kier molecular flexibility index (Phi) is 3.65. The average molecular weight is 389 g/mol. The maximum Gasteiger partial charge on any atom is 0.131 e. The molecule has 2 aromatic heterocycles. The molecule has 0 amide bonds. The van der Waals surface area contributed by atoms with Gasteiger partial charge in [0.15, 0.2) is 0 Å². The van der Waals surface area contributed by atoms with Crippen molar-refractivity contribution < 1.29 is 4.39 Å². The molecule has 0 fully saturated rings. The molecule has 0 radical (unpaired) electrons. The molecule has 6 rings (SSSR count). The number of halogens is 1. The fraction of sp³-hybridized carbons (Fsp3) is 0. The van der Waals surface area contributed by atoms with Gasteiger partial charge in [0, 0.05) is 52.3 Å². The van der Waals surface area contributed by atoms with Gasteiger partial charge >= 0.3 is 0 Å². The molecule has 0 aliphatic heterocycles. The predicted octanol–water partition coefficient (Wildman–Crippen LogP) is 6.98. The second-order valence-corrected chi connectivity index (χ2v) is 7.30. The van der Waals surface area contributed by atoms with E-state index in [1.54, 1.807) is 30.9 Å². The molecular formula is C26H16FN3. The first kappa shape index (κ1) is 16.9. The van der Waals surface area contributed by atoms with E-state index in [0.717, 1.165) is 44.0 Å². The molecular weight excluding hydrogens is 373 g/mol. The second kappa shape index (κ2) is 6.49. The lowest BCUT2D eigenvalue weighted by Crippen LogP contribution is -2.10. The van der Waals surface area contributed by atoms with Crippen molar-refractivity contribution in [3.05, 3.63) is 103 Å². The normalized spacial score (nSPS) is 11.5. The molecule has 0 spiro atoms. The highest BCUT2D eigenvalue weighted by atomic mass is 19.1. The van der Waals surface area contributed by atoms with E-state index in [0.29, 0.717) is 5.39 Å². The largest absolute Gasteiger partial charge is 0.310 e. The van der Waals surface area contributed by atoms with Gasteiger partial charge in [-0.05, 0) is 52.6 Å². The number of hydrogen-bond acceptors (Lipinski definition) is 3. The maximum absolute atomic E-state index is 14.6. The summed E-state index contributed by atoms with van der Waals surface area (Å²) in [7, 11) is 0. The molecule has 6 aromatic rings. The number of rotatable bonds is 3. The molecule has 0 saturated heterocycles. The minimum atomic E-state index is -0.192. The minimum Gasteiger partial charge on any atom is -0.310 e. The van der Waals surface area contributed by atoms with Crippen LogP contribution in [0.5, 0.6) is 0 Å². The molecule has 0 unspecified atom stereocenters. The topological polar surface area (TPSA) is 29.0 Å². The van der Waals surface area contributed by atoms with Gasteiger partial charge in [0.1, 0.15) is 5.82 Å². The highest BCUT2D eigenvalue weighted by Crippen LogP contribution is 2.43. The summed E-state index contributed by atoms with van der Waals surface area (Å²) in [4.78, 5) is 10.5. The van der Waals surface area contributed by atoms with E-state index >= 15 is 0 Å².